The van der Waals surface area contributed by atoms with Crippen molar-refractivity contribution in [2.24, 2.45) is 0 Å². The molecule has 0 amide bonds. The van der Waals surface area contributed by atoms with E-state index in [-0.39, 0.29) is 28.8 Å². The highest BCUT2D eigenvalue weighted by Gasteiger charge is 2.21. The van der Waals surface area contributed by atoms with Gasteiger partial charge in [0.15, 0.2) is 0 Å². The minimum atomic E-state index is -2.78. The van der Waals surface area contributed by atoms with Crippen molar-refractivity contribution >= 4 is 29.2 Å². The number of aromatic nitrogens is 1. The zero-order chi connectivity index (χ0) is 13.0. The van der Waals surface area contributed by atoms with E-state index in [0.29, 0.717) is 0 Å². The Morgan fingerprint density at radius 3 is 2.71 bits per heavy atom. The Hall–Kier alpha value is -0.940. The Labute approximate surface area is 107 Å². The quantitative estimate of drug-likeness (QED) is 0.628. The molecule has 0 aliphatic carbocycles. The fraction of sp³-hybridized carbons (Fsp3) is 0.400. The summed E-state index contributed by atoms with van der Waals surface area (Å²) < 4.78 is 30.0. The average molecular weight is 284 g/mol. The lowest BCUT2D eigenvalue weighted by atomic mass is 10.1. The summed E-state index contributed by atoms with van der Waals surface area (Å²) in [5.74, 6) is -0.640. The van der Waals surface area contributed by atoms with Gasteiger partial charge in [-0.25, -0.2) is 13.8 Å². The number of halogens is 4. The van der Waals surface area contributed by atoms with Crippen molar-refractivity contribution in [3.63, 3.8) is 0 Å². The van der Waals surface area contributed by atoms with Crippen LogP contribution in [0.3, 0.4) is 0 Å². The van der Waals surface area contributed by atoms with Crippen LogP contribution in [0.2, 0.25) is 10.2 Å². The molecule has 0 spiro atoms. The third kappa shape index (κ3) is 3.51. The predicted octanol–water partition coefficient (Wildman–Crippen LogP) is 3.43. The molecule has 17 heavy (non-hydrogen) atoms. The topological polar surface area (TPSA) is 39.2 Å². The number of esters is 1. The second kappa shape index (κ2) is 6.12. The van der Waals surface area contributed by atoms with E-state index in [4.69, 9.17) is 23.2 Å². The highest BCUT2D eigenvalue weighted by Crippen LogP contribution is 2.32. The number of hydrogen-bond donors (Lipinski definition) is 0. The maximum atomic E-state index is 12.7. The van der Waals surface area contributed by atoms with Crippen LogP contribution in [0.5, 0.6) is 0 Å². The van der Waals surface area contributed by atoms with Gasteiger partial charge in [-0.2, -0.15) is 0 Å². The molecule has 1 aromatic heterocycles. The lowest BCUT2D eigenvalue weighted by Gasteiger charge is -2.10. The molecule has 7 heteroatoms. The van der Waals surface area contributed by atoms with Crippen molar-refractivity contribution in [2.45, 2.75) is 19.8 Å². The maximum absolute atomic E-state index is 12.7. The third-order valence-electron chi connectivity index (χ3n) is 1.97. The molecule has 1 aromatic rings. The molecule has 0 fully saturated rings. The lowest BCUT2D eigenvalue weighted by molar-refractivity contribution is -0.142. The van der Waals surface area contributed by atoms with E-state index in [9.17, 15) is 13.6 Å². The van der Waals surface area contributed by atoms with E-state index < -0.39 is 18.0 Å². The second-order valence-electron chi connectivity index (χ2n) is 3.08. The van der Waals surface area contributed by atoms with Crippen molar-refractivity contribution in [1.82, 2.24) is 4.98 Å². The minimum absolute atomic E-state index is 0.0416. The van der Waals surface area contributed by atoms with Crippen LogP contribution in [0.25, 0.3) is 0 Å². The summed E-state index contributed by atoms with van der Waals surface area (Å²) in [4.78, 5) is 14.8. The molecule has 3 nitrogen and oxygen atoms in total. The van der Waals surface area contributed by atoms with E-state index in [0.717, 1.165) is 6.20 Å². The van der Waals surface area contributed by atoms with Crippen molar-refractivity contribution in [3.05, 3.63) is 27.5 Å². The fourth-order valence-corrected chi connectivity index (χ4v) is 1.62. The molecule has 0 saturated carbocycles. The van der Waals surface area contributed by atoms with Gasteiger partial charge < -0.3 is 4.74 Å². The molecule has 0 aliphatic heterocycles. The fourth-order valence-electron chi connectivity index (χ4n) is 1.24. The molecule has 1 rings (SSSR count). The Balaban J connectivity index is 3.10. The molecule has 0 N–H and O–H groups in total. The summed E-state index contributed by atoms with van der Waals surface area (Å²) >= 11 is 11.4. The van der Waals surface area contributed by atoms with Gasteiger partial charge in [-0.3, -0.25) is 4.79 Å². The summed E-state index contributed by atoms with van der Waals surface area (Å²) in [6.45, 7) is 1.78. The third-order valence-corrected chi connectivity index (χ3v) is 2.76. The number of alkyl halides is 2. The molecule has 0 aromatic carbocycles. The van der Waals surface area contributed by atoms with E-state index in [1.54, 1.807) is 6.92 Å². The first-order valence-corrected chi connectivity index (χ1v) is 5.49. The summed E-state index contributed by atoms with van der Waals surface area (Å²) in [7, 11) is 0. The largest absolute Gasteiger partial charge is 0.466 e. The number of hydrogen-bond acceptors (Lipinski definition) is 3. The predicted molar refractivity (Wildman–Crippen MR) is 59.6 cm³/mol. The van der Waals surface area contributed by atoms with Gasteiger partial charge in [0.2, 0.25) is 0 Å². The van der Waals surface area contributed by atoms with Gasteiger partial charge >= 0.3 is 5.97 Å². The van der Waals surface area contributed by atoms with E-state index in [1.165, 1.54) is 0 Å². The smallest absolute Gasteiger partial charge is 0.310 e. The highest BCUT2D eigenvalue weighted by molar-refractivity contribution is 6.41. The zero-order valence-electron chi connectivity index (χ0n) is 8.84. The average Bonchev–Trinajstić information content (AvgIpc) is 2.25. The van der Waals surface area contributed by atoms with Crippen LogP contribution in [0.1, 0.15) is 24.5 Å². The number of nitrogens with zero attached hydrogens (tertiary/aromatic N) is 1. The number of rotatable bonds is 4. The van der Waals surface area contributed by atoms with Crippen LogP contribution < -0.4 is 0 Å². The van der Waals surface area contributed by atoms with E-state index >= 15 is 0 Å². The maximum Gasteiger partial charge on any atom is 0.310 e. The van der Waals surface area contributed by atoms with Gasteiger partial charge in [0.25, 0.3) is 6.43 Å². The number of ether oxygens (including phenoxy) is 1. The molecule has 0 saturated heterocycles. The number of pyridine rings is 1. The Kier molecular flexibility index (Phi) is 5.08. The summed E-state index contributed by atoms with van der Waals surface area (Å²) in [6, 6.07) is 0. The molecule has 0 aliphatic rings. The lowest BCUT2D eigenvalue weighted by Crippen LogP contribution is -2.10. The molecule has 1 heterocycles. The van der Waals surface area contributed by atoms with Crippen LogP contribution in [-0.4, -0.2) is 17.6 Å². The van der Waals surface area contributed by atoms with Crippen LogP contribution in [0, 0.1) is 0 Å². The van der Waals surface area contributed by atoms with Crippen LogP contribution in [0.4, 0.5) is 8.78 Å². The zero-order valence-corrected chi connectivity index (χ0v) is 10.4. The van der Waals surface area contributed by atoms with Crippen molar-refractivity contribution in [3.8, 4) is 0 Å². The second-order valence-corrected chi connectivity index (χ2v) is 3.82. The van der Waals surface area contributed by atoms with Crippen molar-refractivity contribution in [1.29, 1.82) is 0 Å². The van der Waals surface area contributed by atoms with Gasteiger partial charge in [0, 0.05) is 11.8 Å². The van der Waals surface area contributed by atoms with Crippen LogP contribution in [-0.2, 0) is 16.0 Å². The number of carbonyl (C=O) groups is 1. The molecular formula is C10H9Cl2F2NO2. The van der Waals surface area contributed by atoms with Gasteiger partial charge in [-0.15, -0.1) is 0 Å². The monoisotopic (exact) mass is 283 g/mol. The summed E-state index contributed by atoms with van der Waals surface area (Å²) in [5.41, 5.74) is -0.451. The van der Waals surface area contributed by atoms with Crippen LogP contribution >= 0.6 is 23.2 Å². The van der Waals surface area contributed by atoms with E-state index in [2.05, 4.69) is 9.72 Å². The molecule has 94 valence electrons. The first-order valence-electron chi connectivity index (χ1n) is 4.73. The first-order chi connectivity index (χ1) is 7.97. The number of carbonyl (C=O) groups excluding carboxylic acids is 1. The van der Waals surface area contributed by atoms with Gasteiger partial charge in [0.1, 0.15) is 5.15 Å². The highest BCUT2D eigenvalue weighted by atomic mass is 35.5. The SMILES string of the molecule is CCOC(=O)Cc1c(C(F)F)cnc(Cl)c1Cl. The molecule has 0 radical (unpaired) electrons. The van der Waals surface area contributed by atoms with Gasteiger partial charge in [0.05, 0.1) is 18.1 Å². The Morgan fingerprint density at radius 1 is 1.53 bits per heavy atom. The van der Waals surface area contributed by atoms with Gasteiger partial charge in [-0.05, 0) is 12.5 Å². The standard InChI is InChI=1S/C10H9Cl2F2NO2/c1-2-17-7(16)3-5-6(10(13)14)4-15-9(12)8(5)11/h4,10H,2-3H2,1H3. The summed E-state index contributed by atoms with van der Waals surface area (Å²) in [5, 5.41) is -0.257. The molecule has 0 bridgehead atoms. The van der Waals surface area contributed by atoms with E-state index in [1.807, 2.05) is 0 Å². The van der Waals surface area contributed by atoms with Gasteiger partial charge in [-0.1, -0.05) is 23.2 Å². The molecular weight excluding hydrogens is 275 g/mol. The van der Waals surface area contributed by atoms with Crippen molar-refractivity contribution in [2.75, 3.05) is 6.61 Å². The molecule has 0 atom stereocenters. The van der Waals surface area contributed by atoms with Crippen molar-refractivity contribution < 1.29 is 18.3 Å². The summed E-state index contributed by atoms with van der Waals surface area (Å²) in [6.07, 6.45) is -2.22. The van der Waals surface area contributed by atoms with Crippen LogP contribution in [0.15, 0.2) is 6.20 Å². The minimum Gasteiger partial charge on any atom is -0.466 e. The normalized spacial score (nSPS) is 10.7. The molecule has 0 unspecified atom stereocenters. The Bertz CT molecular complexity index is 427. The Morgan fingerprint density at radius 2 is 2.18 bits per heavy atom. The first kappa shape index (κ1) is 14.1.